The van der Waals surface area contributed by atoms with E-state index in [9.17, 15) is 8.78 Å². The summed E-state index contributed by atoms with van der Waals surface area (Å²) in [4.78, 5) is 1.82. The van der Waals surface area contributed by atoms with Crippen LogP contribution in [0.2, 0.25) is 0 Å². The van der Waals surface area contributed by atoms with Gasteiger partial charge in [0.25, 0.3) is 0 Å². The minimum atomic E-state index is -0.594. The second kappa shape index (κ2) is 6.30. The average Bonchev–Trinajstić information content (AvgIpc) is 2.31. The minimum Gasteiger partial charge on any atom is -0.409 e. The molecule has 0 saturated carbocycles. The molecule has 0 bridgehead atoms. The molecule has 0 saturated heterocycles. The van der Waals surface area contributed by atoms with Gasteiger partial charge in [0.05, 0.1) is 0 Å². The number of nitrogens with two attached hydrogens (primary N) is 1. The molecule has 0 aromatic heterocycles. The van der Waals surface area contributed by atoms with Crippen LogP contribution in [0.15, 0.2) is 23.4 Å². The number of rotatable bonds is 5. The van der Waals surface area contributed by atoms with Crippen LogP contribution in [0.1, 0.15) is 12.5 Å². The zero-order valence-electron chi connectivity index (χ0n) is 10.4. The van der Waals surface area contributed by atoms with E-state index in [1.807, 2.05) is 4.90 Å². The van der Waals surface area contributed by atoms with E-state index < -0.39 is 11.6 Å². The summed E-state index contributed by atoms with van der Waals surface area (Å²) in [5.74, 6) is -1.19. The molecule has 1 aromatic carbocycles. The standard InChI is InChI=1S/C12H17F2N3O/c1-8(12(15)16-18)6-17(2)7-9-3-4-10(13)5-11(9)14/h3-5,8,18H,6-7H2,1-2H3,(H2,15,16). The van der Waals surface area contributed by atoms with Crippen molar-refractivity contribution in [1.82, 2.24) is 4.90 Å². The Hall–Kier alpha value is -1.69. The molecule has 0 amide bonds. The summed E-state index contributed by atoms with van der Waals surface area (Å²) in [6.07, 6.45) is 0. The first-order valence-corrected chi connectivity index (χ1v) is 5.54. The summed E-state index contributed by atoms with van der Waals surface area (Å²) in [6.45, 7) is 2.63. The third-order valence-corrected chi connectivity index (χ3v) is 2.66. The first kappa shape index (κ1) is 14.4. The van der Waals surface area contributed by atoms with Gasteiger partial charge >= 0.3 is 0 Å². The summed E-state index contributed by atoms with van der Waals surface area (Å²) in [5.41, 5.74) is 5.87. The number of oxime groups is 1. The van der Waals surface area contributed by atoms with Crippen LogP contribution in [0.5, 0.6) is 0 Å². The van der Waals surface area contributed by atoms with Crippen molar-refractivity contribution < 1.29 is 14.0 Å². The smallest absolute Gasteiger partial charge is 0.143 e. The van der Waals surface area contributed by atoms with Crippen molar-refractivity contribution in [2.75, 3.05) is 13.6 Å². The van der Waals surface area contributed by atoms with E-state index >= 15 is 0 Å². The Bertz CT molecular complexity index is 437. The molecule has 0 aliphatic heterocycles. The van der Waals surface area contributed by atoms with Crippen molar-refractivity contribution in [2.45, 2.75) is 13.5 Å². The molecule has 18 heavy (non-hydrogen) atoms. The Labute approximate surface area is 105 Å². The van der Waals surface area contributed by atoms with Crippen LogP contribution in [0, 0.1) is 17.6 Å². The molecular formula is C12H17F2N3O. The maximum absolute atomic E-state index is 13.4. The van der Waals surface area contributed by atoms with E-state index in [4.69, 9.17) is 10.9 Å². The molecule has 1 rings (SSSR count). The van der Waals surface area contributed by atoms with Crippen LogP contribution in [-0.4, -0.2) is 29.5 Å². The molecule has 0 aliphatic rings. The van der Waals surface area contributed by atoms with Crippen LogP contribution in [0.25, 0.3) is 0 Å². The van der Waals surface area contributed by atoms with Crippen molar-refractivity contribution in [3.63, 3.8) is 0 Å². The third kappa shape index (κ3) is 3.96. The van der Waals surface area contributed by atoms with Crippen molar-refractivity contribution in [1.29, 1.82) is 0 Å². The number of hydrogen-bond donors (Lipinski definition) is 2. The van der Waals surface area contributed by atoms with E-state index in [0.29, 0.717) is 18.7 Å². The fourth-order valence-corrected chi connectivity index (χ4v) is 1.66. The molecule has 3 N–H and O–H groups in total. The summed E-state index contributed by atoms with van der Waals surface area (Å²) in [6, 6.07) is 3.49. The predicted octanol–water partition coefficient (Wildman–Crippen LogP) is 1.78. The Morgan fingerprint density at radius 2 is 2.17 bits per heavy atom. The van der Waals surface area contributed by atoms with E-state index in [1.165, 1.54) is 12.1 Å². The number of halogens is 2. The maximum atomic E-state index is 13.4. The molecule has 4 nitrogen and oxygen atoms in total. The number of hydrogen-bond acceptors (Lipinski definition) is 3. The monoisotopic (exact) mass is 257 g/mol. The second-order valence-corrected chi connectivity index (χ2v) is 4.36. The first-order chi connectivity index (χ1) is 8.43. The Kier molecular flexibility index (Phi) is 5.03. The summed E-state index contributed by atoms with van der Waals surface area (Å²) in [5, 5.41) is 11.4. The van der Waals surface area contributed by atoms with Gasteiger partial charge in [-0.1, -0.05) is 18.1 Å². The SMILES string of the molecule is CC(CN(C)Cc1ccc(F)cc1F)C(N)=NO. The summed E-state index contributed by atoms with van der Waals surface area (Å²) in [7, 11) is 1.78. The highest BCUT2D eigenvalue weighted by molar-refractivity contribution is 5.82. The molecular weight excluding hydrogens is 240 g/mol. The molecule has 100 valence electrons. The van der Waals surface area contributed by atoms with Crippen LogP contribution < -0.4 is 5.73 Å². The largest absolute Gasteiger partial charge is 0.409 e. The maximum Gasteiger partial charge on any atom is 0.143 e. The highest BCUT2D eigenvalue weighted by Gasteiger charge is 2.13. The fourth-order valence-electron chi connectivity index (χ4n) is 1.66. The third-order valence-electron chi connectivity index (χ3n) is 2.66. The predicted molar refractivity (Wildman–Crippen MR) is 65.3 cm³/mol. The lowest BCUT2D eigenvalue weighted by Gasteiger charge is -2.20. The second-order valence-electron chi connectivity index (χ2n) is 4.36. The van der Waals surface area contributed by atoms with Crippen LogP contribution in [0.3, 0.4) is 0 Å². The number of amidine groups is 1. The molecule has 0 heterocycles. The lowest BCUT2D eigenvalue weighted by atomic mass is 10.1. The van der Waals surface area contributed by atoms with E-state index in [0.717, 1.165) is 6.07 Å². The Balaban J connectivity index is 2.62. The molecule has 0 spiro atoms. The molecule has 6 heteroatoms. The summed E-state index contributed by atoms with van der Waals surface area (Å²) < 4.78 is 26.2. The fraction of sp³-hybridized carbons (Fsp3) is 0.417. The Morgan fingerprint density at radius 1 is 1.50 bits per heavy atom. The van der Waals surface area contributed by atoms with Gasteiger partial charge in [-0.15, -0.1) is 0 Å². The van der Waals surface area contributed by atoms with Crippen LogP contribution in [0.4, 0.5) is 8.78 Å². The van der Waals surface area contributed by atoms with Gasteiger partial charge < -0.3 is 15.8 Å². The van der Waals surface area contributed by atoms with Crippen molar-refractivity contribution in [3.8, 4) is 0 Å². The molecule has 1 unspecified atom stereocenters. The average molecular weight is 257 g/mol. The van der Waals surface area contributed by atoms with Crippen molar-refractivity contribution in [2.24, 2.45) is 16.8 Å². The van der Waals surface area contributed by atoms with Gasteiger partial charge in [-0.2, -0.15) is 0 Å². The normalized spacial score (nSPS) is 13.9. The quantitative estimate of drug-likeness (QED) is 0.366. The van der Waals surface area contributed by atoms with Gasteiger partial charge in [0, 0.05) is 30.6 Å². The first-order valence-electron chi connectivity index (χ1n) is 5.54. The van der Waals surface area contributed by atoms with E-state index in [1.54, 1.807) is 14.0 Å². The van der Waals surface area contributed by atoms with E-state index in [2.05, 4.69) is 5.16 Å². The molecule has 1 aromatic rings. The molecule has 0 radical (unpaired) electrons. The lowest BCUT2D eigenvalue weighted by Crippen LogP contribution is -2.32. The van der Waals surface area contributed by atoms with Gasteiger partial charge in [0.15, 0.2) is 0 Å². The van der Waals surface area contributed by atoms with E-state index in [-0.39, 0.29) is 11.8 Å². The minimum absolute atomic E-state index is 0.126. The van der Waals surface area contributed by atoms with Crippen LogP contribution in [-0.2, 0) is 6.54 Å². The molecule has 0 aliphatic carbocycles. The highest BCUT2D eigenvalue weighted by Crippen LogP contribution is 2.12. The molecule has 1 atom stereocenters. The topological polar surface area (TPSA) is 61.8 Å². The number of benzene rings is 1. The van der Waals surface area contributed by atoms with Gasteiger partial charge in [-0.3, -0.25) is 0 Å². The van der Waals surface area contributed by atoms with Gasteiger partial charge in [0.2, 0.25) is 0 Å². The van der Waals surface area contributed by atoms with Crippen LogP contribution >= 0.6 is 0 Å². The summed E-state index contributed by atoms with van der Waals surface area (Å²) >= 11 is 0. The van der Waals surface area contributed by atoms with Gasteiger partial charge in [0.1, 0.15) is 17.5 Å². The van der Waals surface area contributed by atoms with Gasteiger partial charge in [-0.25, -0.2) is 8.78 Å². The Morgan fingerprint density at radius 3 is 2.72 bits per heavy atom. The van der Waals surface area contributed by atoms with Gasteiger partial charge in [-0.05, 0) is 13.1 Å². The lowest BCUT2D eigenvalue weighted by molar-refractivity contribution is 0.288. The van der Waals surface area contributed by atoms with Crippen molar-refractivity contribution >= 4 is 5.84 Å². The molecule has 0 fully saturated rings. The zero-order valence-corrected chi connectivity index (χ0v) is 10.4. The highest BCUT2D eigenvalue weighted by atomic mass is 19.1. The van der Waals surface area contributed by atoms with Crippen molar-refractivity contribution in [3.05, 3.63) is 35.4 Å². The number of nitrogens with zero attached hydrogens (tertiary/aromatic N) is 2. The zero-order chi connectivity index (χ0) is 13.7.